The number of hydrogen-bond donors (Lipinski definition) is 2. The first-order valence-electron chi connectivity index (χ1n) is 9.76. The highest BCUT2D eigenvalue weighted by Crippen LogP contribution is 2.28. The Morgan fingerprint density at radius 3 is 2.50 bits per heavy atom. The van der Waals surface area contributed by atoms with E-state index in [0.717, 1.165) is 14.7 Å². The normalized spacial score (nSPS) is 10.6. The van der Waals surface area contributed by atoms with E-state index in [4.69, 9.17) is 9.47 Å². The number of halogens is 1. The van der Waals surface area contributed by atoms with Crippen molar-refractivity contribution in [3.05, 3.63) is 93.1 Å². The van der Waals surface area contributed by atoms with Crippen molar-refractivity contribution in [1.82, 2.24) is 10.7 Å². The van der Waals surface area contributed by atoms with E-state index >= 15 is 0 Å². The Hall–Kier alpha value is -3.40. The van der Waals surface area contributed by atoms with Crippen LogP contribution in [0.3, 0.4) is 0 Å². The van der Waals surface area contributed by atoms with E-state index in [9.17, 15) is 9.59 Å². The molecule has 7 nitrogen and oxygen atoms in total. The van der Waals surface area contributed by atoms with Gasteiger partial charge in [-0.25, -0.2) is 5.43 Å². The highest BCUT2D eigenvalue weighted by molar-refractivity contribution is 14.1. The van der Waals surface area contributed by atoms with Gasteiger partial charge in [0.2, 0.25) is 0 Å². The zero-order valence-electron chi connectivity index (χ0n) is 17.4. The minimum atomic E-state index is -0.435. The Kier molecular flexibility index (Phi) is 8.61. The van der Waals surface area contributed by atoms with E-state index in [-0.39, 0.29) is 12.5 Å². The lowest BCUT2D eigenvalue weighted by atomic mass is 10.2. The van der Waals surface area contributed by atoms with Crippen LogP contribution < -0.4 is 20.2 Å². The lowest BCUT2D eigenvalue weighted by Crippen LogP contribution is -2.35. The van der Waals surface area contributed by atoms with Gasteiger partial charge in [-0.2, -0.15) is 5.10 Å². The van der Waals surface area contributed by atoms with Gasteiger partial charge in [-0.3, -0.25) is 9.59 Å². The van der Waals surface area contributed by atoms with E-state index < -0.39 is 5.91 Å². The second-order valence-electron chi connectivity index (χ2n) is 6.64. The number of rotatable bonds is 9. The van der Waals surface area contributed by atoms with Crippen LogP contribution in [-0.2, 0) is 11.4 Å². The van der Waals surface area contributed by atoms with Crippen molar-refractivity contribution < 1.29 is 19.1 Å². The Morgan fingerprint density at radius 2 is 1.75 bits per heavy atom. The molecule has 0 unspecified atom stereocenters. The van der Waals surface area contributed by atoms with Crippen molar-refractivity contribution in [2.75, 3.05) is 13.7 Å². The number of hydrogen-bond acceptors (Lipinski definition) is 5. The molecule has 0 aromatic heterocycles. The van der Waals surface area contributed by atoms with E-state index in [0.29, 0.717) is 23.7 Å². The summed E-state index contributed by atoms with van der Waals surface area (Å²) in [6.07, 6.45) is 1.49. The molecule has 3 aromatic carbocycles. The monoisotopic (exact) mass is 543 g/mol. The van der Waals surface area contributed by atoms with Crippen molar-refractivity contribution >= 4 is 40.6 Å². The number of hydrazone groups is 1. The molecule has 0 aliphatic carbocycles. The molecule has 0 fully saturated rings. The number of nitrogens with one attached hydrogen (secondary N) is 2. The summed E-state index contributed by atoms with van der Waals surface area (Å²) in [6.45, 7) is 0.241. The van der Waals surface area contributed by atoms with Crippen molar-refractivity contribution in [2.24, 2.45) is 5.10 Å². The molecular formula is C24H22IN3O4. The van der Waals surface area contributed by atoms with E-state index in [2.05, 4.69) is 38.4 Å². The third kappa shape index (κ3) is 6.81. The molecular weight excluding hydrogens is 521 g/mol. The van der Waals surface area contributed by atoms with Crippen molar-refractivity contribution in [1.29, 1.82) is 0 Å². The molecule has 32 heavy (non-hydrogen) atoms. The molecule has 0 aliphatic heterocycles. The second kappa shape index (κ2) is 11.8. The maximum Gasteiger partial charge on any atom is 0.259 e. The number of ether oxygens (including phenoxy) is 2. The Labute approximate surface area is 200 Å². The van der Waals surface area contributed by atoms with Crippen LogP contribution in [0.15, 0.2) is 77.9 Å². The van der Waals surface area contributed by atoms with Crippen LogP contribution in [0.2, 0.25) is 0 Å². The first-order chi connectivity index (χ1) is 15.6. The van der Waals surface area contributed by atoms with Crippen molar-refractivity contribution in [3.63, 3.8) is 0 Å². The highest BCUT2D eigenvalue weighted by atomic mass is 127. The summed E-state index contributed by atoms with van der Waals surface area (Å²) >= 11 is 2.07. The number of benzene rings is 3. The van der Waals surface area contributed by atoms with Gasteiger partial charge in [-0.15, -0.1) is 0 Å². The summed E-state index contributed by atoms with van der Waals surface area (Å²) in [5.74, 6) is 0.414. The summed E-state index contributed by atoms with van der Waals surface area (Å²) in [5, 5.41) is 6.51. The first kappa shape index (κ1) is 23.3. The van der Waals surface area contributed by atoms with Crippen LogP contribution in [0, 0.1) is 3.57 Å². The van der Waals surface area contributed by atoms with Gasteiger partial charge in [0.15, 0.2) is 11.5 Å². The topological polar surface area (TPSA) is 89.0 Å². The molecule has 2 N–H and O–H groups in total. The minimum absolute atomic E-state index is 0.184. The molecule has 0 saturated carbocycles. The number of nitrogens with zero attached hydrogens (tertiary/aromatic N) is 1. The summed E-state index contributed by atoms with van der Waals surface area (Å²) in [4.78, 5) is 24.1. The molecule has 3 rings (SSSR count). The summed E-state index contributed by atoms with van der Waals surface area (Å²) in [6, 6.07) is 22.3. The molecule has 8 heteroatoms. The molecule has 0 spiro atoms. The zero-order chi connectivity index (χ0) is 22.8. The molecule has 0 heterocycles. The van der Waals surface area contributed by atoms with Crippen molar-refractivity contribution in [3.8, 4) is 11.5 Å². The highest BCUT2D eigenvalue weighted by Gasteiger charge is 2.10. The average molecular weight is 543 g/mol. The van der Waals surface area contributed by atoms with Crippen LogP contribution in [0.1, 0.15) is 21.5 Å². The number of amides is 2. The minimum Gasteiger partial charge on any atom is -0.493 e. The summed E-state index contributed by atoms with van der Waals surface area (Å²) in [5.41, 5.74) is 4.68. The van der Waals surface area contributed by atoms with Gasteiger partial charge in [0.1, 0.15) is 6.61 Å². The molecule has 2 amide bonds. The fourth-order valence-electron chi connectivity index (χ4n) is 2.74. The van der Waals surface area contributed by atoms with Crippen LogP contribution in [-0.4, -0.2) is 31.7 Å². The summed E-state index contributed by atoms with van der Waals surface area (Å²) in [7, 11) is 1.56. The van der Waals surface area contributed by atoms with Crippen LogP contribution in [0.25, 0.3) is 0 Å². The predicted molar refractivity (Wildman–Crippen MR) is 131 cm³/mol. The number of methoxy groups -OCH3 is 1. The maximum atomic E-state index is 12.2. The molecule has 0 aliphatic rings. The Morgan fingerprint density at radius 1 is 1.00 bits per heavy atom. The van der Waals surface area contributed by atoms with Gasteiger partial charge in [0, 0.05) is 3.57 Å². The molecule has 0 atom stereocenters. The van der Waals surface area contributed by atoms with Gasteiger partial charge < -0.3 is 14.8 Å². The molecule has 164 valence electrons. The fraction of sp³-hybridized carbons (Fsp3) is 0.125. The van der Waals surface area contributed by atoms with Gasteiger partial charge in [0.25, 0.3) is 11.8 Å². The van der Waals surface area contributed by atoms with Crippen LogP contribution in [0.5, 0.6) is 11.5 Å². The molecule has 3 aromatic rings. The third-order valence-corrected chi connectivity index (χ3v) is 5.30. The largest absolute Gasteiger partial charge is 0.493 e. The molecule has 0 saturated heterocycles. The average Bonchev–Trinajstić information content (AvgIpc) is 2.82. The number of carbonyl (C=O) groups excluding carboxylic acids is 2. The Balaban J connectivity index is 1.50. The number of carbonyl (C=O) groups is 2. The van der Waals surface area contributed by atoms with Gasteiger partial charge in [-0.05, 0) is 64.0 Å². The third-order valence-electron chi connectivity index (χ3n) is 4.36. The first-order valence-corrected chi connectivity index (χ1v) is 10.8. The van der Waals surface area contributed by atoms with E-state index in [1.807, 2.05) is 42.5 Å². The lowest BCUT2D eigenvalue weighted by molar-refractivity contribution is -0.120. The lowest BCUT2D eigenvalue weighted by Gasteiger charge is -2.11. The van der Waals surface area contributed by atoms with Gasteiger partial charge in [0.05, 0.1) is 25.4 Å². The molecule has 0 radical (unpaired) electrons. The quantitative estimate of drug-likeness (QED) is 0.245. The van der Waals surface area contributed by atoms with Gasteiger partial charge >= 0.3 is 0 Å². The van der Waals surface area contributed by atoms with Crippen molar-refractivity contribution in [2.45, 2.75) is 6.61 Å². The molecule has 0 bridgehead atoms. The van der Waals surface area contributed by atoms with Crippen LogP contribution >= 0.6 is 22.6 Å². The smallest absolute Gasteiger partial charge is 0.259 e. The second-order valence-corrected chi connectivity index (χ2v) is 7.80. The fourth-order valence-corrected chi connectivity index (χ4v) is 3.37. The van der Waals surface area contributed by atoms with Crippen LogP contribution in [0.4, 0.5) is 0 Å². The zero-order valence-corrected chi connectivity index (χ0v) is 19.5. The SMILES string of the molecule is COc1cc(/C=N/NC(=O)CNC(=O)c2ccccc2I)ccc1OCc1ccccc1. The maximum absolute atomic E-state index is 12.2. The van der Waals surface area contributed by atoms with E-state index in [1.165, 1.54) is 6.21 Å². The Bertz CT molecular complexity index is 1100. The van der Waals surface area contributed by atoms with Gasteiger partial charge in [-0.1, -0.05) is 42.5 Å². The van der Waals surface area contributed by atoms with E-state index in [1.54, 1.807) is 37.4 Å². The standard InChI is InChI=1S/C24H22IN3O4/c1-31-22-13-18(11-12-21(22)32-16-17-7-3-2-4-8-17)14-27-28-23(29)15-26-24(30)19-9-5-6-10-20(19)25/h2-14H,15-16H2,1H3,(H,26,30)(H,28,29)/b27-14+. The predicted octanol–water partition coefficient (Wildman–Crippen LogP) is 3.76. The summed E-state index contributed by atoms with van der Waals surface area (Å²) < 4.78 is 12.0.